The molecule has 0 unspecified atom stereocenters. The number of aliphatic hydroxyl groups is 2. The molecule has 1 fully saturated rings. The predicted molar refractivity (Wildman–Crippen MR) is 121 cm³/mol. The number of hydrogen-bond donors (Lipinski definition) is 3. The number of nitrogens with one attached hydrogen (secondary N) is 1. The van der Waals surface area contributed by atoms with Gasteiger partial charge in [-0.3, -0.25) is 9.78 Å². The molecule has 178 valence electrons. The first-order valence-corrected chi connectivity index (χ1v) is 11.8. The topological polar surface area (TPSA) is 92.7 Å². The van der Waals surface area contributed by atoms with Gasteiger partial charge in [0.1, 0.15) is 11.6 Å². The second-order valence-corrected chi connectivity index (χ2v) is 9.68. The van der Waals surface area contributed by atoms with Crippen molar-refractivity contribution in [3.05, 3.63) is 50.9 Å². The van der Waals surface area contributed by atoms with Crippen LogP contribution in [0.25, 0.3) is 0 Å². The molecule has 0 bridgehead atoms. The zero-order chi connectivity index (χ0) is 23.2. The van der Waals surface area contributed by atoms with E-state index in [-0.39, 0.29) is 24.7 Å². The molecule has 2 aliphatic heterocycles. The monoisotopic (exact) mass is 460 g/mol. The van der Waals surface area contributed by atoms with E-state index in [1.165, 1.54) is 6.07 Å². The number of fused-ring (bicyclic) bond motifs is 3. The predicted octanol–water partition coefficient (Wildman–Crippen LogP) is 1.89. The minimum absolute atomic E-state index is 0.0621. The van der Waals surface area contributed by atoms with Crippen molar-refractivity contribution in [2.24, 2.45) is 5.92 Å². The smallest absolute Gasteiger partial charge is 0.255 e. The maximum absolute atomic E-state index is 15.1. The van der Waals surface area contributed by atoms with Gasteiger partial charge in [0.05, 0.1) is 5.69 Å². The first-order chi connectivity index (χ1) is 15.9. The Labute approximate surface area is 191 Å². The van der Waals surface area contributed by atoms with E-state index in [9.17, 15) is 19.4 Å². The van der Waals surface area contributed by atoms with Gasteiger partial charge in [-0.05, 0) is 44.6 Å². The molecule has 0 atom stereocenters. The van der Waals surface area contributed by atoms with Crippen molar-refractivity contribution in [1.82, 2.24) is 9.97 Å². The van der Waals surface area contributed by atoms with E-state index in [0.29, 0.717) is 56.2 Å². The number of hydrogen-bond acceptors (Lipinski definition) is 6. The van der Waals surface area contributed by atoms with Gasteiger partial charge in [0.2, 0.25) is 5.95 Å². The molecule has 7 nitrogen and oxygen atoms in total. The summed E-state index contributed by atoms with van der Waals surface area (Å²) in [6.07, 6.45) is 4.90. The molecule has 1 saturated heterocycles. The number of aliphatic hydroxyl groups excluding tert-OH is 2. The van der Waals surface area contributed by atoms with E-state index in [1.54, 1.807) is 0 Å². The maximum Gasteiger partial charge on any atom is 0.255 e. The highest BCUT2D eigenvalue weighted by Crippen LogP contribution is 2.49. The number of aromatic nitrogens is 2. The van der Waals surface area contributed by atoms with Crippen LogP contribution in [0.2, 0.25) is 0 Å². The molecule has 1 aromatic heterocycles. The second-order valence-electron chi connectivity index (χ2n) is 9.68. The summed E-state index contributed by atoms with van der Waals surface area (Å²) in [5, 5.41) is 19.1. The van der Waals surface area contributed by atoms with Gasteiger partial charge in [0.15, 0.2) is 0 Å². The van der Waals surface area contributed by atoms with E-state index in [0.717, 1.165) is 43.0 Å². The van der Waals surface area contributed by atoms with Crippen molar-refractivity contribution in [3.8, 4) is 0 Å². The Kier molecular flexibility index (Phi) is 5.86. The summed E-state index contributed by atoms with van der Waals surface area (Å²) >= 11 is 0. The zero-order valence-corrected chi connectivity index (χ0v) is 18.6. The molecule has 0 radical (unpaired) electrons. The number of H-pyrrole nitrogens is 1. The van der Waals surface area contributed by atoms with Gasteiger partial charge in [-0.2, -0.15) is 0 Å². The second kappa shape index (κ2) is 8.68. The van der Waals surface area contributed by atoms with Crippen LogP contribution < -0.4 is 15.4 Å². The van der Waals surface area contributed by atoms with Crippen LogP contribution >= 0.6 is 0 Å². The summed E-state index contributed by atoms with van der Waals surface area (Å²) in [5.41, 5.74) is 2.16. The molecular formula is C24H30F2N4O3. The van der Waals surface area contributed by atoms with Gasteiger partial charge in [0, 0.05) is 73.6 Å². The summed E-state index contributed by atoms with van der Waals surface area (Å²) < 4.78 is 29.2. The Hall–Kier alpha value is -2.52. The average molecular weight is 461 g/mol. The third kappa shape index (κ3) is 3.91. The molecule has 33 heavy (non-hydrogen) atoms. The summed E-state index contributed by atoms with van der Waals surface area (Å²) in [7, 11) is 0. The first kappa shape index (κ1) is 22.3. The summed E-state index contributed by atoms with van der Waals surface area (Å²) in [4.78, 5) is 24.2. The van der Waals surface area contributed by atoms with Crippen LogP contribution in [0.5, 0.6) is 0 Å². The number of nitrogens with zero attached hydrogens (tertiary/aromatic N) is 3. The fourth-order valence-corrected chi connectivity index (χ4v) is 5.81. The largest absolute Gasteiger partial charge is 0.396 e. The maximum atomic E-state index is 15.1. The van der Waals surface area contributed by atoms with Crippen molar-refractivity contribution < 1.29 is 19.0 Å². The van der Waals surface area contributed by atoms with Crippen LogP contribution in [0, 0.1) is 17.6 Å². The Bertz CT molecular complexity index is 1090. The molecule has 2 aromatic rings. The van der Waals surface area contributed by atoms with Crippen molar-refractivity contribution in [1.29, 1.82) is 0 Å². The third-order valence-electron chi connectivity index (χ3n) is 7.59. The Morgan fingerprint density at radius 1 is 1.12 bits per heavy atom. The molecule has 1 aliphatic carbocycles. The molecule has 0 saturated carbocycles. The van der Waals surface area contributed by atoms with Crippen LogP contribution in [0.4, 0.5) is 20.4 Å². The number of anilines is 2. The highest BCUT2D eigenvalue weighted by molar-refractivity contribution is 5.64. The highest BCUT2D eigenvalue weighted by atomic mass is 19.1. The van der Waals surface area contributed by atoms with Gasteiger partial charge in [-0.25, -0.2) is 13.8 Å². The van der Waals surface area contributed by atoms with E-state index in [4.69, 9.17) is 4.98 Å². The normalized spacial score (nSPS) is 19.3. The van der Waals surface area contributed by atoms with Crippen molar-refractivity contribution in [2.45, 2.75) is 43.9 Å². The fourth-order valence-electron chi connectivity index (χ4n) is 5.81. The number of rotatable bonds is 5. The van der Waals surface area contributed by atoms with Crippen molar-refractivity contribution in [3.63, 3.8) is 0 Å². The molecule has 3 aliphatic rings. The van der Waals surface area contributed by atoms with Gasteiger partial charge >= 0.3 is 0 Å². The molecule has 3 heterocycles. The van der Waals surface area contributed by atoms with Gasteiger partial charge in [0.25, 0.3) is 5.56 Å². The number of aromatic amines is 1. The first-order valence-electron chi connectivity index (χ1n) is 11.8. The molecule has 3 N–H and O–H groups in total. The molecular weight excluding hydrogens is 430 g/mol. The molecule has 9 heteroatoms. The average Bonchev–Trinajstić information content (AvgIpc) is 3.10. The van der Waals surface area contributed by atoms with Crippen LogP contribution in [0.3, 0.4) is 0 Å². The lowest BCUT2D eigenvalue weighted by atomic mass is 9.74. The SMILES string of the molecule is O=c1[nH]c(N2CCC3(CC2)CN(CC(CO)CO)c2cc(F)cc(F)c23)nc2c1CCCC2. The highest BCUT2D eigenvalue weighted by Gasteiger charge is 2.47. The third-order valence-corrected chi connectivity index (χ3v) is 7.59. The minimum atomic E-state index is -0.633. The van der Waals surface area contributed by atoms with Gasteiger partial charge in [-0.15, -0.1) is 0 Å². The van der Waals surface area contributed by atoms with Gasteiger partial charge in [-0.1, -0.05) is 0 Å². The minimum Gasteiger partial charge on any atom is -0.396 e. The Morgan fingerprint density at radius 2 is 1.85 bits per heavy atom. The lowest BCUT2D eigenvalue weighted by molar-refractivity contribution is 0.152. The summed E-state index contributed by atoms with van der Waals surface area (Å²) in [5.74, 6) is -0.994. The van der Waals surface area contributed by atoms with Crippen LogP contribution in [0.15, 0.2) is 16.9 Å². The van der Waals surface area contributed by atoms with Crippen LogP contribution in [-0.4, -0.2) is 59.6 Å². The number of halogens is 2. The molecule has 0 amide bonds. The van der Waals surface area contributed by atoms with E-state index < -0.39 is 17.0 Å². The lowest BCUT2D eigenvalue weighted by Gasteiger charge is -2.40. The molecule has 1 aromatic carbocycles. The molecule has 1 spiro atoms. The van der Waals surface area contributed by atoms with Crippen molar-refractivity contribution in [2.75, 3.05) is 49.2 Å². The van der Waals surface area contributed by atoms with Crippen LogP contribution in [-0.2, 0) is 18.3 Å². The zero-order valence-electron chi connectivity index (χ0n) is 18.6. The number of benzene rings is 1. The fraction of sp³-hybridized carbons (Fsp3) is 0.583. The van der Waals surface area contributed by atoms with Gasteiger partial charge < -0.3 is 20.0 Å². The summed E-state index contributed by atoms with van der Waals surface area (Å²) in [6.45, 7) is 1.62. The Balaban J connectivity index is 1.41. The summed E-state index contributed by atoms with van der Waals surface area (Å²) in [6, 6.07) is 2.29. The molecule has 5 rings (SSSR count). The number of aryl methyl sites for hydroxylation is 1. The number of piperidine rings is 1. The van der Waals surface area contributed by atoms with E-state index in [1.807, 2.05) is 4.90 Å². The quantitative estimate of drug-likeness (QED) is 0.631. The Morgan fingerprint density at radius 3 is 2.58 bits per heavy atom. The van der Waals surface area contributed by atoms with Crippen molar-refractivity contribution >= 4 is 11.6 Å². The van der Waals surface area contributed by atoms with E-state index >= 15 is 4.39 Å². The lowest BCUT2D eigenvalue weighted by Crippen LogP contribution is -2.47. The van der Waals surface area contributed by atoms with Crippen LogP contribution in [0.1, 0.15) is 42.5 Å². The standard InChI is InChI=1S/C24H30F2N4O3/c25-16-9-18(26)21-20(10-16)30(11-15(12-31)13-32)14-24(21)5-7-29(8-6-24)23-27-19-4-2-1-3-17(19)22(33)28-23/h9-10,15,31-32H,1-8,11-14H2,(H,27,28,33). The van der Waals surface area contributed by atoms with E-state index in [2.05, 4.69) is 9.88 Å².